The van der Waals surface area contributed by atoms with Crippen molar-refractivity contribution in [3.8, 4) is 10.4 Å². The molecule has 5 heterocycles. The van der Waals surface area contributed by atoms with Crippen LogP contribution in [-0.2, 0) is 6.42 Å². The number of carbonyl (C=O) groups is 1. The first-order valence-corrected chi connectivity index (χ1v) is 11.1. The maximum Gasteiger partial charge on any atom is 0.169 e. The number of Topliss-reactive ketones (excluding diaryl/α,β-unsaturated/α-hetero) is 1. The lowest BCUT2D eigenvalue weighted by Gasteiger charge is -2.33. The molecule has 8 heteroatoms. The Kier molecular flexibility index (Phi) is 5.40. The largest absolute Gasteiger partial charge is 0.354 e. The van der Waals surface area contributed by atoms with E-state index in [2.05, 4.69) is 42.8 Å². The minimum absolute atomic E-state index is 0.0381. The van der Waals surface area contributed by atoms with Gasteiger partial charge in [-0.1, -0.05) is 0 Å². The van der Waals surface area contributed by atoms with Crippen molar-refractivity contribution in [2.24, 2.45) is 0 Å². The predicted octanol–water partition coefficient (Wildman–Crippen LogP) is 3.33. The van der Waals surface area contributed by atoms with Crippen LogP contribution in [-0.4, -0.2) is 63.8 Å². The highest BCUT2D eigenvalue weighted by Gasteiger charge is 2.17. The highest BCUT2D eigenvalue weighted by Crippen LogP contribution is 2.26. The second-order valence-corrected chi connectivity index (χ2v) is 8.64. The number of carbonyl (C=O) groups excluding carboxylic acids is 1. The maximum absolute atomic E-state index is 13.0. The number of pyridine rings is 3. The van der Waals surface area contributed by atoms with Crippen molar-refractivity contribution >= 4 is 33.8 Å². The van der Waals surface area contributed by atoms with Crippen LogP contribution in [0.15, 0.2) is 54.6 Å². The van der Waals surface area contributed by atoms with Crippen LogP contribution in [0.25, 0.3) is 21.3 Å². The minimum Gasteiger partial charge on any atom is -0.354 e. The third kappa shape index (κ3) is 4.30. The number of piperazine rings is 1. The SMILES string of the molecule is CN1CCN(c2cc(C(=O)Cc3cc4cc(-c5cncs5)cnc4cn3)ccn2)CC1. The number of ketones is 1. The Bertz CT molecular complexity index is 1220. The summed E-state index contributed by atoms with van der Waals surface area (Å²) in [4.78, 5) is 36.1. The molecular formula is C23H22N6OS. The van der Waals surface area contributed by atoms with Crippen LogP contribution in [0.5, 0.6) is 0 Å². The van der Waals surface area contributed by atoms with Crippen LogP contribution in [0.2, 0.25) is 0 Å². The van der Waals surface area contributed by atoms with Gasteiger partial charge in [0.25, 0.3) is 0 Å². The fourth-order valence-electron chi connectivity index (χ4n) is 3.73. The molecule has 0 spiro atoms. The molecule has 0 bridgehead atoms. The topological polar surface area (TPSA) is 75.1 Å². The first-order chi connectivity index (χ1) is 15.2. The molecule has 0 aromatic carbocycles. The lowest BCUT2D eigenvalue weighted by atomic mass is 10.1. The molecule has 0 aliphatic carbocycles. The van der Waals surface area contributed by atoms with Crippen LogP contribution in [0.3, 0.4) is 0 Å². The Hall–Kier alpha value is -3.23. The van der Waals surface area contributed by atoms with Crippen molar-refractivity contribution in [3.05, 3.63) is 65.8 Å². The molecule has 5 rings (SSSR count). The molecule has 0 unspecified atom stereocenters. The Morgan fingerprint density at radius 1 is 1.03 bits per heavy atom. The summed E-state index contributed by atoms with van der Waals surface area (Å²) in [6, 6.07) is 7.71. The monoisotopic (exact) mass is 430 g/mol. The first-order valence-electron chi connectivity index (χ1n) is 10.2. The highest BCUT2D eigenvalue weighted by atomic mass is 32.1. The molecular weight excluding hydrogens is 408 g/mol. The van der Waals surface area contributed by atoms with Gasteiger partial charge in [0.15, 0.2) is 5.78 Å². The van der Waals surface area contributed by atoms with E-state index in [9.17, 15) is 4.79 Å². The average molecular weight is 431 g/mol. The lowest BCUT2D eigenvalue weighted by Crippen LogP contribution is -2.44. The van der Waals surface area contributed by atoms with Gasteiger partial charge in [-0.25, -0.2) is 4.98 Å². The summed E-state index contributed by atoms with van der Waals surface area (Å²) in [6.45, 7) is 3.84. The number of aromatic nitrogens is 4. The number of fused-ring (bicyclic) bond motifs is 1. The van der Waals surface area contributed by atoms with Crippen LogP contribution in [0.4, 0.5) is 5.82 Å². The third-order valence-corrected chi connectivity index (χ3v) is 6.40. The van der Waals surface area contributed by atoms with E-state index in [0.717, 1.165) is 59.0 Å². The summed E-state index contributed by atoms with van der Waals surface area (Å²) in [5, 5.41) is 0.969. The predicted molar refractivity (Wildman–Crippen MR) is 123 cm³/mol. The number of hydrogen-bond donors (Lipinski definition) is 0. The van der Waals surface area contributed by atoms with Crippen LogP contribution in [0.1, 0.15) is 16.1 Å². The molecule has 7 nitrogen and oxygen atoms in total. The molecule has 0 atom stereocenters. The van der Waals surface area contributed by atoms with E-state index in [1.54, 1.807) is 35.3 Å². The fraction of sp³-hybridized carbons (Fsp3) is 0.261. The summed E-state index contributed by atoms with van der Waals surface area (Å²) >= 11 is 1.58. The van der Waals surface area contributed by atoms with Gasteiger partial charge < -0.3 is 9.80 Å². The second kappa shape index (κ2) is 8.49. The van der Waals surface area contributed by atoms with Crippen LogP contribution in [0, 0.1) is 0 Å². The number of hydrogen-bond acceptors (Lipinski definition) is 8. The van der Waals surface area contributed by atoms with Gasteiger partial charge in [-0.05, 0) is 31.3 Å². The summed E-state index contributed by atoms with van der Waals surface area (Å²) in [6.07, 6.45) is 7.36. The molecule has 0 N–H and O–H groups in total. The van der Waals surface area contributed by atoms with Gasteiger partial charge in [-0.15, -0.1) is 11.3 Å². The summed E-state index contributed by atoms with van der Waals surface area (Å²) in [7, 11) is 2.12. The van der Waals surface area contributed by atoms with Gasteiger partial charge in [-0.3, -0.25) is 19.7 Å². The molecule has 1 fully saturated rings. The summed E-state index contributed by atoms with van der Waals surface area (Å²) < 4.78 is 0. The number of rotatable bonds is 5. The molecule has 31 heavy (non-hydrogen) atoms. The number of nitrogens with zero attached hydrogens (tertiary/aromatic N) is 6. The van der Waals surface area contributed by atoms with Crippen LogP contribution < -0.4 is 4.90 Å². The van der Waals surface area contributed by atoms with Gasteiger partial charge in [0, 0.05) is 67.0 Å². The fourth-order valence-corrected chi connectivity index (χ4v) is 4.34. The molecule has 156 valence electrons. The normalized spacial score (nSPS) is 14.8. The highest BCUT2D eigenvalue weighted by molar-refractivity contribution is 7.13. The molecule has 4 aromatic heterocycles. The quantitative estimate of drug-likeness (QED) is 0.450. The van der Waals surface area contributed by atoms with Gasteiger partial charge >= 0.3 is 0 Å². The number of anilines is 1. The first kappa shape index (κ1) is 19.7. The molecule has 1 aliphatic rings. The van der Waals surface area contributed by atoms with E-state index in [1.165, 1.54) is 0 Å². The van der Waals surface area contributed by atoms with E-state index in [4.69, 9.17) is 0 Å². The maximum atomic E-state index is 13.0. The van der Waals surface area contributed by atoms with E-state index in [-0.39, 0.29) is 12.2 Å². The Labute approximate surface area is 184 Å². The van der Waals surface area contributed by atoms with Crippen molar-refractivity contribution in [3.63, 3.8) is 0 Å². The van der Waals surface area contributed by atoms with Crippen molar-refractivity contribution < 1.29 is 4.79 Å². The van der Waals surface area contributed by atoms with Gasteiger partial charge in [0.1, 0.15) is 5.82 Å². The molecule has 0 saturated carbocycles. The zero-order valence-corrected chi connectivity index (χ0v) is 18.0. The van der Waals surface area contributed by atoms with Gasteiger partial charge in [-0.2, -0.15) is 0 Å². The van der Waals surface area contributed by atoms with Crippen molar-refractivity contribution in [2.45, 2.75) is 6.42 Å². The van der Waals surface area contributed by atoms with E-state index >= 15 is 0 Å². The number of likely N-dealkylation sites (N-methyl/N-ethyl adjacent to an activating group) is 1. The lowest BCUT2D eigenvalue weighted by molar-refractivity contribution is 0.0992. The van der Waals surface area contributed by atoms with Crippen molar-refractivity contribution in [1.29, 1.82) is 0 Å². The summed E-state index contributed by atoms with van der Waals surface area (Å²) in [5.74, 6) is 0.903. The van der Waals surface area contributed by atoms with Gasteiger partial charge in [0.2, 0.25) is 0 Å². The Morgan fingerprint density at radius 2 is 1.90 bits per heavy atom. The van der Waals surface area contributed by atoms with Crippen LogP contribution >= 0.6 is 11.3 Å². The van der Waals surface area contributed by atoms with Crippen molar-refractivity contribution in [2.75, 3.05) is 38.1 Å². The summed E-state index contributed by atoms with van der Waals surface area (Å²) in [5.41, 5.74) is 5.04. The van der Waals surface area contributed by atoms with Gasteiger partial charge in [0.05, 0.1) is 28.5 Å². The van der Waals surface area contributed by atoms with Crippen molar-refractivity contribution in [1.82, 2.24) is 24.8 Å². The Balaban J connectivity index is 1.35. The molecule has 0 amide bonds. The molecule has 0 radical (unpaired) electrons. The standard InChI is InChI=1S/C23H22N6OS/c1-28-4-6-29(7-5-28)23-10-16(2-3-25-23)21(30)11-19-9-17-8-18(22-14-24-15-31-22)12-27-20(17)13-26-19/h2-3,8-10,12-15H,4-7,11H2,1H3. The molecule has 1 saturated heterocycles. The van der Waals surface area contributed by atoms with E-state index < -0.39 is 0 Å². The number of thiazole rings is 1. The van der Waals surface area contributed by atoms with E-state index in [0.29, 0.717) is 5.56 Å². The molecule has 1 aliphatic heterocycles. The zero-order chi connectivity index (χ0) is 21.2. The Morgan fingerprint density at radius 3 is 2.71 bits per heavy atom. The minimum atomic E-state index is 0.0381. The smallest absolute Gasteiger partial charge is 0.169 e. The zero-order valence-electron chi connectivity index (χ0n) is 17.2. The molecule has 4 aromatic rings. The third-order valence-electron chi connectivity index (χ3n) is 5.58. The second-order valence-electron chi connectivity index (χ2n) is 7.75. The van der Waals surface area contributed by atoms with E-state index in [1.807, 2.05) is 24.5 Å². The average Bonchev–Trinajstić information content (AvgIpc) is 3.34.